The molecule has 1 aromatic rings. The van der Waals surface area contributed by atoms with Crippen LogP contribution in [0.25, 0.3) is 0 Å². The lowest BCUT2D eigenvalue weighted by atomic mass is 10.1. The highest BCUT2D eigenvalue weighted by molar-refractivity contribution is 7.98. The van der Waals surface area contributed by atoms with E-state index in [0.717, 1.165) is 0 Å². The minimum absolute atomic E-state index is 0.128. The fourth-order valence-electron chi connectivity index (χ4n) is 1.89. The number of amides is 2. The van der Waals surface area contributed by atoms with Gasteiger partial charge in [0.05, 0.1) is 18.1 Å². The fraction of sp³-hybridized carbons (Fsp3) is 0.571. The molecule has 3 atom stereocenters. The van der Waals surface area contributed by atoms with Crippen molar-refractivity contribution in [1.82, 2.24) is 20.6 Å². The van der Waals surface area contributed by atoms with E-state index in [1.807, 2.05) is 6.26 Å². The van der Waals surface area contributed by atoms with Gasteiger partial charge in [-0.05, 0) is 25.4 Å². The number of aliphatic carboxylic acids is 1. The summed E-state index contributed by atoms with van der Waals surface area (Å²) in [6.45, 7) is 1.50. The first-order chi connectivity index (χ1) is 11.3. The maximum atomic E-state index is 12.4. The quantitative estimate of drug-likeness (QED) is 0.364. The van der Waals surface area contributed by atoms with Crippen LogP contribution in [0.5, 0.6) is 0 Å². The van der Waals surface area contributed by atoms with E-state index < -0.39 is 35.9 Å². The van der Waals surface area contributed by atoms with Gasteiger partial charge in [0.25, 0.3) is 0 Å². The predicted octanol–water partition coefficient (Wildman–Crippen LogP) is -0.893. The Bertz CT molecular complexity index is 549. The molecule has 0 spiro atoms. The van der Waals surface area contributed by atoms with Crippen molar-refractivity contribution in [2.24, 2.45) is 5.73 Å². The molecule has 134 valence electrons. The maximum absolute atomic E-state index is 12.4. The number of carbonyl (C=O) groups excluding carboxylic acids is 2. The number of aromatic amines is 1. The van der Waals surface area contributed by atoms with Gasteiger partial charge in [0.2, 0.25) is 11.8 Å². The zero-order valence-corrected chi connectivity index (χ0v) is 14.4. The second-order valence-electron chi connectivity index (χ2n) is 5.30. The number of nitrogens with zero attached hydrogens (tertiary/aromatic N) is 1. The summed E-state index contributed by atoms with van der Waals surface area (Å²) in [5, 5.41) is 14.2. The second kappa shape index (κ2) is 9.93. The summed E-state index contributed by atoms with van der Waals surface area (Å²) in [6, 6.07) is -2.76. The van der Waals surface area contributed by atoms with E-state index in [2.05, 4.69) is 20.6 Å². The highest BCUT2D eigenvalue weighted by atomic mass is 32.2. The molecule has 9 nitrogen and oxygen atoms in total. The molecular formula is C14H23N5O4S. The number of rotatable bonds is 10. The minimum atomic E-state index is -1.12. The van der Waals surface area contributed by atoms with Gasteiger partial charge in [0.1, 0.15) is 12.1 Å². The highest BCUT2D eigenvalue weighted by Crippen LogP contribution is 2.04. The number of imidazole rings is 1. The molecule has 0 radical (unpaired) electrons. The van der Waals surface area contributed by atoms with Crippen LogP contribution in [0.1, 0.15) is 19.0 Å². The Labute approximate surface area is 144 Å². The second-order valence-corrected chi connectivity index (χ2v) is 6.28. The van der Waals surface area contributed by atoms with E-state index in [1.165, 1.54) is 25.0 Å². The summed E-state index contributed by atoms with van der Waals surface area (Å²) in [6.07, 6.45) is 5.32. The standard InChI is InChI=1S/C14H23N5O4S/c1-8(15)12(20)19-11(5-9-6-16-7-17-9)13(21)18-10(14(22)23)3-4-24-2/h6-8,10-11H,3-5,15H2,1-2H3,(H,16,17)(H,18,21)(H,19,20)(H,22,23). The number of hydrogen-bond donors (Lipinski definition) is 5. The van der Waals surface area contributed by atoms with Crippen molar-refractivity contribution in [2.75, 3.05) is 12.0 Å². The highest BCUT2D eigenvalue weighted by Gasteiger charge is 2.27. The Morgan fingerprint density at radius 3 is 2.50 bits per heavy atom. The molecule has 2 amide bonds. The molecule has 0 aromatic carbocycles. The van der Waals surface area contributed by atoms with Crippen molar-refractivity contribution in [3.05, 3.63) is 18.2 Å². The Balaban J connectivity index is 2.80. The van der Waals surface area contributed by atoms with Crippen molar-refractivity contribution in [3.8, 4) is 0 Å². The van der Waals surface area contributed by atoms with Crippen molar-refractivity contribution in [1.29, 1.82) is 0 Å². The first kappa shape index (κ1) is 20.0. The molecular weight excluding hydrogens is 334 g/mol. The number of thioether (sulfide) groups is 1. The van der Waals surface area contributed by atoms with Gasteiger partial charge in [-0.1, -0.05) is 0 Å². The third-order valence-corrected chi connectivity index (χ3v) is 3.88. The van der Waals surface area contributed by atoms with Crippen molar-refractivity contribution >= 4 is 29.5 Å². The molecule has 0 saturated carbocycles. The Morgan fingerprint density at radius 1 is 1.33 bits per heavy atom. The number of carboxylic acids is 1. The molecule has 1 heterocycles. The first-order valence-electron chi connectivity index (χ1n) is 7.40. The summed E-state index contributed by atoms with van der Waals surface area (Å²) in [5.74, 6) is -1.61. The van der Waals surface area contributed by atoms with Gasteiger partial charge in [-0.3, -0.25) is 9.59 Å². The van der Waals surface area contributed by atoms with Gasteiger partial charge in [-0.25, -0.2) is 9.78 Å². The summed E-state index contributed by atoms with van der Waals surface area (Å²) in [5.41, 5.74) is 6.08. The monoisotopic (exact) mass is 357 g/mol. The number of carboxylic acid groups (broad SMARTS) is 1. The van der Waals surface area contributed by atoms with Crippen LogP contribution >= 0.6 is 11.8 Å². The summed E-state index contributed by atoms with van der Waals surface area (Å²) >= 11 is 1.49. The average Bonchev–Trinajstić information content (AvgIpc) is 3.03. The van der Waals surface area contributed by atoms with Gasteiger partial charge < -0.3 is 26.5 Å². The number of aromatic nitrogens is 2. The van der Waals surface area contributed by atoms with E-state index in [0.29, 0.717) is 17.9 Å². The molecule has 1 rings (SSSR count). The zero-order chi connectivity index (χ0) is 18.1. The first-order valence-corrected chi connectivity index (χ1v) is 8.80. The molecule has 0 bridgehead atoms. The van der Waals surface area contributed by atoms with Crippen LogP contribution in [0, 0.1) is 0 Å². The normalized spacial score (nSPS) is 14.5. The molecule has 0 aliphatic heterocycles. The molecule has 1 aromatic heterocycles. The van der Waals surface area contributed by atoms with Crippen LogP contribution in [-0.2, 0) is 20.8 Å². The third-order valence-electron chi connectivity index (χ3n) is 3.24. The topological polar surface area (TPSA) is 150 Å². The fourth-order valence-corrected chi connectivity index (χ4v) is 2.36. The summed E-state index contributed by atoms with van der Waals surface area (Å²) < 4.78 is 0. The van der Waals surface area contributed by atoms with E-state index in [4.69, 9.17) is 5.73 Å². The number of carbonyl (C=O) groups is 3. The zero-order valence-electron chi connectivity index (χ0n) is 13.6. The Hall–Kier alpha value is -2.07. The number of H-pyrrole nitrogens is 1. The van der Waals surface area contributed by atoms with Crippen LogP contribution in [0.3, 0.4) is 0 Å². The molecule has 24 heavy (non-hydrogen) atoms. The predicted molar refractivity (Wildman–Crippen MR) is 90.4 cm³/mol. The smallest absolute Gasteiger partial charge is 0.326 e. The van der Waals surface area contributed by atoms with E-state index in [1.54, 1.807) is 6.20 Å². The molecule has 0 saturated heterocycles. The molecule has 0 fully saturated rings. The van der Waals surface area contributed by atoms with E-state index >= 15 is 0 Å². The van der Waals surface area contributed by atoms with Crippen LogP contribution in [0.4, 0.5) is 0 Å². The third kappa shape index (κ3) is 6.59. The van der Waals surface area contributed by atoms with E-state index in [9.17, 15) is 19.5 Å². The largest absolute Gasteiger partial charge is 0.480 e. The molecule has 0 aliphatic carbocycles. The number of nitrogens with two attached hydrogens (primary N) is 1. The van der Waals surface area contributed by atoms with E-state index in [-0.39, 0.29) is 6.42 Å². The lowest BCUT2D eigenvalue weighted by Gasteiger charge is -2.21. The van der Waals surface area contributed by atoms with Crippen molar-refractivity contribution in [3.63, 3.8) is 0 Å². The molecule has 0 aliphatic rings. The SMILES string of the molecule is CSCCC(NC(=O)C(Cc1c[nH]cn1)NC(=O)C(C)N)C(=O)O. The number of nitrogens with one attached hydrogen (secondary N) is 3. The summed E-state index contributed by atoms with van der Waals surface area (Å²) in [7, 11) is 0. The summed E-state index contributed by atoms with van der Waals surface area (Å²) in [4.78, 5) is 42.3. The molecule has 6 N–H and O–H groups in total. The van der Waals surface area contributed by atoms with Crippen LogP contribution < -0.4 is 16.4 Å². The average molecular weight is 357 g/mol. The van der Waals surface area contributed by atoms with Gasteiger partial charge in [-0.15, -0.1) is 0 Å². The van der Waals surface area contributed by atoms with Crippen molar-refractivity contribution in [2.45, 2.75) is 37.9 Å². The minimum Gasteiger partial charge on any atom is -0.480 e. The van der Waals surface area contributed by atoms with Gasteiger partial charge in [0.15, 0.2) is 0 Å². The maximum Gasteiger partial charge on any atom is 0.326 e. The lowest BCUT2D eigenvalue weighted by molar-refractivity contribution is -0.142. The van der Waals surface area contributed by atoms with Crippen molar-refractivity contribution < 1.29 is 19.5 Å². The van der Waals surface area contributed by atoms with Crippen LogP contribution in [0.2, 0.25) is 0 Å². The van der Waals surface area contributed by atoms with Crippen LogP contribution in [-0.4, -0.2) is 63.0 Å². The van der Waals surface area contributed by atoms with Gasteiger partial charge in [0, 0.05) is 12.6 Å². The number of hydrogen-bond acceptors (Lipinski definition) is 6. The molecule has 10 heteroatoms. The van der Waals surface area contributed by atoms with Gasteiger partial charge in [-0.2, -0.15) is 11.8 Å². The molecule has 3 unspecified atom stereocenters. The Morgan fingerprint density at radius 2 is 2.00 bits per heavy atom. The lowest BCUT2D eigenvalue weighted by Crippen LogP contribution is -2.54. The Kier molecular flexibility index (Phi) is 8.27. The van der Waals surface area contributed by atoms with Crippen LogP contribution in [0.15, 0.2) is 12.5 Å². The van der Waals surface area contributed by atoms with Gasteiger partial charge >= 0.3 is 5.97 Å².